The highest BCUT2D eigenvalue weighted by molar-refractivity contribution is 6.70. The van der Waals surface area contributed by atoms with Crippen molar-refractivity contribution in [1.29, 1.82) is 0 Å². The molecule has 0 heterocycles. The highest BCUT2D eigenvalue weighted by Crippen LogP contribution is 2.13. The number of allylic oxidation sites excluding steroid dienone is 3. The third-order valence-corrected chi connectivity index (χ3v) is 2.90. The molecule has 0 aliphatic heterocycles. The molecule has 0 atom stereocenters. The number of esters is 1. The van der Waals surface area contributed by atoms with Gasteiger partial charge in [0.25, 0.3) is 0 Å². The van der Waals surface area contributed by atoms with Gasteiger partial charge in [-0.1, -0.05) is 6.08 Å². The zero-order chi connectivity index (χ0) is 13.5. The Morgan fingerprint density at radius 3 is 2.29 bits per heavy atom. The van der Waals surface area contributed by atoms with E-state index in [4.69, 9.17) is 9.16 Å². The van der Waals surface area contributed by atoms with E-state index in [1.54, 1.807) is 13.0 Å². The molecule has 0 unspecified atom stereocenters. The summed E-state index contributed by atoms with van der Waals surface area (Å²) >= 11 is 0. The molecule has 0 N–H and O–H groups in total. The van der Waals surface area contributed by atoms with Gasteiger partial charge in [-0.05, 0) is 46.5 Å². The maximum absolute atomic E-state index is 11.5. The predicted octanol–water partition coefficient (Wildman–Crippen LogP) is 3.64. The summed E-state index contributed by atoms with van der Waals surface area (Å²) in [5, 5.41) is 0. The monoisotopic (exact) mass is 256 g/mol. The Balaban J connectivity index is 4.42. The minimum Gasteiger partial charge on any atom is -0.548 e. The number of hydrogen-bond acceptors (Lipinski definition) is 3. The Morgan fingerprint density at radius 1 is 1.29 bits per heavy atom. The van der Waals surface area contributed by atoms with Crippen molar-refractivity contribution in [1.82, 2.24) is 0 Å². The van der Waals surface area contributed by atoms with Crippen LogP contribution in [-0.2, 0) is 14.0 Å². The standard InChI is InChI=1S/C13H24O3Si/c1-7-12(13(14)15-8-2)10-9-11(3)16-17(4,5)6/h7,9H,8,10H2,1-6H3/b11-9-,12-7?. The Kier molecular flexibility index (Phi) is 6.88. The molecular weight excluding hydrogens is 232 g/mol. The molecule has 3 nitrogen and oxygen atoms in total. The van der Waals surface area contributed by atoms with Crippen molar-refractivity contribution in [3.05, 3.63) is 23.5 Å². The van der Waals surface area contributed by atoms with Crippen LogP contribution in [0.15, 0.2) is 23.5 Å². The summed E-state index contributed by atoms with van der Waals surface area (Å²) in [6.07, 6.45) is 4.28. The quantitative estimate of drug-likeness (QED) is 0.315. The second-order valence-corrected chi connectivity index (χ2v) is 9.20. The number of ether oxygens (including phenoxy) is 1. The molecule has 0 spiro atoms. The van der Waals surface area contributed by atoms with Gasteiger partial charge in [0.05, 0.1) is 12.4 Å². The summed E-state index contributed by atoms with van der Waals surface area (Å²) in [7, 11) is -1.55. The fraction of sp³-hybridized carbons (Fsp3) is 0.615. The molecule has 0 aromatic carbocycles. The predicted molar refractivity (Wildman–Crippen MR) is 73.2 cm³/mol. The van der Waals surface area contributed by atoms with Gasteiger partial charge in [0, 0.05) is 12.0 Å². The Hall–Kier alpha value is -1.03. The normalized spacial score (nSPS) is 13.5. The number of rotatable bonds is 6. The van der Waals surface area contributed by atoms with Gasteiger partial charge in [0.2, 0.25) is 8.32 Å². The Morgan fingerprint density at radius 2 is 1.88 bits per heavy atom. The minimum atomic E-state index is -1.55. The van der Waals surface area contributed by atoms with Crippen LogP contribution in [0.1, 0.15) is 27.2 Å². The van der Waals surface area contributed by atoms with E-state index in [2.05, 4.69) is 19.6 Å². The largest absolute Gasteiger partial charge is 0.548 e. The Bertz CT molecular complexity index is 311. The van der Waals surface area contributed by atoms with Gasteiger partial charge >= 0.3 is 5.97 Å². The highest BCUT2D eigenvalue weighted by atomic mass is 28.4. The maximum Gasteiger partial charge on any atom is 0.333 e. The minimum absolute atomic E-state index is 0.243. The van der Waals surface area contributed by atoms with Crippen LogP contribution in [-0.4, -0.2) is 20.9 Å². The summed E-state index contributed by atoms with van der Waals surface area (Å²) < 4.78 is 10.8. The van der Waals surface area contributed by atoms with Gasteiger partial charge in [-0.15, -0.1) is 0 Å². The molecule has 0 aliphatic carbocycles. The molecule has 0 saturated carbocycles. The molecule has 0 aliphatic rings. The maximum atomic E-state index is 11.5. The van der Waals surface area contributed by atoms with E-state index < -0.39 is 8.32 Å². The zero-order valence-electron chi connectivity index (χ0n) is 11.8. The van der Waals surface area contributed by atoms with Crippen LogP contribution >= 0.6 is 0 Å². The zero-order valence-corrected chi connectivity index (χ0v) is 12.8. The van der Waals surface area contributed by atoms with Crippen LogP contribution in [0.5, 0.6) is 0 Å². The molecule has 0 fully saturated rings. The molecule has 17 heavy (non-hydrogen) atoms. The molecule has 0 aromatic rings. The molecule has 0 radical (unpaired) electrons. The SMILES string of the molecule is CC=C(C/C=C(/C)O[Si](C)(C)C)C(=O)OCC. The van der Waals surface area contributed by atoms with Crippen molar-refractivity contribution in [2.45, 2.75) is 46.8 Å². The third-order valence-electron chi connectivity index (χ3n) is 1.96. The average molecular weight is 256 g/mol. The summed E-state index contributed by atoms with van der Waals surface area (Å²) in [6.45, 7) is 12.4. The smallest absolute Gasteiger partial charge is 0.333 e. The van der Waals surface area contributed by atoms with Gasteiger partial charge in [-0.25, -0.2) is 4.79 Å². The van der Waals surface area contributed by atoms with Crippen molar-refractivity contribution in [2.24, 2.45) is 0 Å². The molecule has 98 valence electrons. The van der Waals surface area contributed by atoms with E-state index in [0.29, 0.717) is 18.6 Å². The first-order chi connectivity index (χ1) is 7.80. The van der Waals surface area contributed by atoms with E-state index in [1.165, 1.54) is 0 Å². The number of hydrogen-bond donors (Lipinski definition) is 0. The molecular formula is C13H24O3Si. The lowest BCUT2D eigenvalue weighted by atomic mass is 10.1. The topological polar surface area (TPSA) is 35.5 Å². The van der Waals surface area contributed by atoms with Crippen molar-refractivity contribution < 1.29 is 14.0 Å². The van der Waals surface area contributed by atoms with E-state index in [1.807, 2.05) is 19.9 Å². The molecule has 0 saturated heterocycles. The van der Waals surface area contributed by atoms with Crippen molar-refractivity contribution >= 4 is 14.3 Å². The Labute approximate surface area is 106 Å². The second kappa shape index (κ2) is 7.32. The van der Waals surface area contributed by atoms with E-state index in [9.17, 15) is 4.79 Å². The van der Waals surface area contributed by atoms with Crippen molar-refractivity contribution in [3.63, 3.8) is 0 Å². The first kappa shape index (κ1) is 16.0. The van der Waals surface area contributed by atoms with Crippen LogP contribution in [0, 0.1) is 0 Å². The summed E-state index contributed by atoms with van der Waals surface area (Å²) in [4.78, 5) is 11.5. The van der Waals surface area contributed by atoms with E-state index >= 15 is 0 Å². The average Bonchev–Trinajstić information content (AvgIpc) is 2.16. The molecule has 0 bridgehead atoms. The fourth-order valence-electron chi connectivity index (χ4n) is 1.32. The number of carbonyl (C=O) groups excluding carboxylic acids is 1. The van der Waals surface area contributed by atoms with Crippen molar-refractivity contribution in [2.75, 3.05) is 6.61 Å². The summed E-state index contributed by atoms with van der Waals surface area (Å²) in [5.74, 6) is 0.639. The molecule has 0 rings (SSSR count). The first-order valence-corrected chi connectivity index (χ1v) is 9.39. The van der Waals surface area contributed by atoms with Crippen LogP contribution < -0.4 is 0 Å². The van der Waals surface area contributed by atoms with Gasteiger partial charge in [0.1, 0.15) is 0 Å². The van der Waals surface area contributed by atoms with Crippen molar-refractivity contribution in [3.8, 4) is 0 Å². The third kappa shape index (κ3) is 7.80. The number of carbonyl (C=O) groups is 1. The lowest BCUT2D eigenvalue weighted by Crippen LogP contribution is -2.24. The van der Waals surface area contributed by atoms with Gasteiger partial charge in [0.15, 0.2) is 0 Å². The van der Waals surface area contributed by atoms with Gasteiger partial charge < -0.3 is 9.16 Å². The lowest BCUT2D eigenvalue weighted by Gasteiger charge is -2.19. The molecule has 0 aromatic heterocycles. The fourth-order valence-corrected chi connectivity index (χ4v) is 2.37. The first-order valence-electron chi connectivity index (χ1n) is 5.98. The highest BCUT2D eigenvalue weighted by Gasteiger charge is 2.16. The molecule has 0 amide bonds. The van der Waals surface area contributed by atoms with Gasteiger partial charge in [-0.2, -0.15) is 0 Å². The van der Waals surface area contributed by atoms with Crippen LogP contribution in [0.4, 0.5) is 0 Å². The van der Waals surface area contributed by atoms with Crippen LogP contribution in [0.25, 0.3) is 0 Å². The van der Waals surface area contributed by atoms with E-state index in [0.717, 1.165) is 5.76 Å². The summed E-state index contributed by atoms with van der Waals surface area (Å²) in [6, 6.07) is 0. The van der Waals surface area contributed by atoms with E-state index in [-0.39, 0.29) is 5.97 Å². The van der Waals surface area contributed by atoms with Crippen LogP contribution in [0.2, 0.25) is 19.6 Å². The second-order valence-electron chi connectivity index (χ2n) is 4.77. The van der Waals surface area contributed by atoms with Gasteiger partial charge in [-0.3, -0.25) is 0 Å². The summed E-state index contributed by atoms with van der Waals surface area (Å²) in [5.41, 5.74) is 0.672. The lowest BCUT2D eigenvalue weighted by molar-refractivity contribution is -0.138. The van der Waals surface area contributed by atoms with Crippen LogP contribution in [0.3, 0.4) is 0 Å². The molecule has 4 heteroatoms.